The number of hydrogen-bond acceptors (Lipinski definition) is 7. The maximum Gasteiger partial charge on any atom is 0.243 e. The minimum Gasteiger partial charge on any atom is -0.454 e. The Balaban J connectivity index is 1.26. The zero-order chi connectivity index (χ0) is 23.9. The SMILES string of the molecule is CC(C)n1nnc2cc(S(=O)(=O)N3CCC[C@H](C(=O)NCc4ccc5c(c4)OCO5)C3)ccc21. The Bertz CT molecular complexity index is 1340. The summed E-state index contributed by atoms with van der Waals surface area (Å²) in [5.41, 5.74) is 2.21. The van der Waals surface area contributed by atoms with E-state index < -0.39 is 15.9 Å². The van der Waals surface area contributed by atoms with Crippen molar-refractivity contribution in [3.05, 3.63) is 42.0 Å². The van der Waals surface area contributed by atoms with Crippen LogP contribution >= 0.6 is 0 Å². The lowest BCUT2D eigenvalue weighted by Gasteiger charge is -2.31. The van der Waals surface area contributed by atoms with Crippen molar-refractivity contribution in [3.8, 4) is 11.5 Å². The molecule has 0 bridgehead atoms. The van der Waals surface area contributed by atoms with E-state index in [1.807, 2.05) is 32.0 Å². The van der Waals surface area contributed by atoms with Crippen LogP contribution in [0.15, 0.2) is 41.3 Å². The second kappa shape index (κ2) is 8.88. The van der Waals surface area contributed by atoms with Crippen LogP contribution in [0, 0.1) is 5.92 Å². The fraction of sp³-hybridized carbons (Fsp3) is 0.435. The smallest absolute Gasteiger partial charge is 0.243 e. The molecule has 0 aliphatic carbocycles. The van der Waals surface area contributed by atoms with Crippen molar-refractivity contribution in [2.45, 2.75) is 44.2 Å². The second-order valence-electron chi connectivity index (χ2n) is 8.89. The van der Waals surface area contributed by atoms with Crippen molar-refractivity contribution >= 4 is 27.0 Å². The minimum atomic E-state index is -3.76. The second-order valence-corrected chi connectivity index (χ2v) is 10.8. The molecular formula is C23H27N5O5S. The molecule has 1 saturated heterocycles. The van der Waals surface area contributed by atoms with Crippen LogP contribution in [-0.2, 0) is 21.4 Å². The molecule has 2 aliphatic heterocycles. The average molecular weight is 486 g/mol. The summed E-state index contributed by atoms with van der Waals surface area (Å²) in [5, 5.41) is 11.2. The molecular weight excluding hydrogens is 458 g/mol. The molecule has 0 spiro atoms. The van der Waals surface area contributed by atoms with Gasteiger partial charge in [0.05, 0.1) is 16.3 Å². The Labute approximate surface area is 197 Å². The number of aromatic nitrogens is 3. The van der Waals surface area contributed by atoms with E-state index in [1.54, 1.807) is 22.9 Å². The summed E-state index contributed by atoms with van der Waals surface area (Å²) in [6.45, 7) is 5.03. The van der Waals surface area contributed by atoms with Crippen LogP contribution in [0.4, 0.5) is 0 Å². The van der Waals surface area contributed by atoms with Gasteiger partial charge >= 0.3 is 0 Å². The molecule has 2 aliphatic rings. The molecule has 34 heavy (non-hydrogen) atoms. The van der Waals surface area contributed by atoms with Crippen LogP contribution in [0.5, 0.6) is 11.5 Å². The standard InChI is InChI=1S/C23H27N5O5S/c1-15(2)28-20-7-6-18(11-19(20)25-26-28)34(30,31)27-9-3-4-17(13-27)23(29)24-12-16-5-8-21-22(10-16)33-14-32-21/h5-8,10-11,15,17H,3-4,9,12-14H2,1-2H3,(H,24,29)/t17-/m0/s1. The first kappa shape index (κ1) is 22.6. The van der Waals surface area contributed by atoms with Gasteiger partial charge < -0.3 is 14.8 Å². The van der Waals surface area contributed by atoms with Crippen LogP contribution in [-0.4, -0.2) is 53.5 Å². The quantitative estimate of drug-likeness (QED) is 0.570. The van der Waals surface area contributed by atoms with Gasteiger partial charge in [0.15, 0.2) is 11.5 Å². The van der Waals surface area contributed by atoms with E-state index in [1.165, 1.54) is 4.31 Å². The molecule has 11 heteroatoms. The van der Waals surface area contributed by atoms with Gasteiger partial charge in [-0.2, -0.15) is 4.31 Å². The summed E-state index contributed by atoms with van der Waals surface area (Å²) in [6.07, 6.45) is 1.26. The largest absolute Gasteiger partial charge is 0.454 e. The van der Waals surface area contributed by atoms with E-state index >= 15 is 0 Å². The van der Waals surface area contributed by atoms with Gasteiger partial charge in [-0.15, -0.1) is 5.10 Å². The first-order valence-electron chi connectivity index (χ1n) is 11.3. The van der Waals surface area contributed by atoms with E-state index in [0.717, 1.165) is 11.1 Å². The number of carbonyl (C=O) groups excluding carboxylic acids is 1. The highest BCUT2D eigenvalue weighted by molar-refractivity contribution is 7.89. The molecule has 1 fully saturated rings. The Morgan fingerprint density at radius 1 is 1.18 bits per heavy atom. The van der Waals surface area contributed by atoms with E-state index in [0.29, 0.717) is 42.9 Å². The zero-order valence-electron chi connectivity index (χ0n) is 19.1. The van der Waals surface area contributed by atoms with Gasteiger partial charge in [-0.25, -0.2) is 13.1 Å². The molecule has 3 heterocycles. The van der Waals surface area contributed by atoms with Gasteiger partial charge in [0.25, 0.3) is 0 Å². The molecule has 5 rings (SSSR count). The molecule has 0 radical (unpaired) electrons. The highest BCUT2D eigenvalue weighted by atomic mass is 32.2. The number of nitrogens with one attached hydrogen (secondary N) is 1. The van der Waals surface area contributed by atoms with Crippen LogP contribution in [0.3, 0.4) is 0 Å². The monoisotopic (exact) mass is 485 g/mol. The van der Waals surface area contributed by atoms with Crippen LogP contribution < -0.4 is 14.8 Å². The lowest BCUT2D eigenvalue weighted by atomic mass is 9.98. The zero-order valence-corrected chi connectivity index (χ0v) is 19.9. The van der Waals surface area contributed by atoms with Crippen molar-refractivity contribution in [3.63, 3.8) is 0 Å². The Morgan fingerprint density at radius 2 is 2.00 bits per heavy atom. The number of hydrogen-bond donors (Lipinski definition) is 1. The van der Waals surface area contributed by atoms with E-state index in [4.69, 9.17) is 9.47 Å². The molecule has 1 amide bonds. The molecule has 0 unspecified atom stereocenters. The molecule has 0 saturated carbocycles. The summed E-state index contributed by atoms with van der Waals surface area (Å²) >= 11 is 0. The van der Waals surface area contributed by atoms with Crippen LogP contribution in [0.25, 0.3) is 11.0 Å². The number of sulfonamides is 1. The molecule has 10 nitrogen and oxygen atoms in total. The number of benzene rings is 2. The number of amides is 1. The first-order valence-corrected chi connectivity index (χ1v) is 12.8. The molecule has 2 aromatic carbocycles. The first-order chi connectivity index (χ1) is 16.3. The summed E-state index contributed by atoms with van der Waals surface area (Å²) in [5.74, 6) is 0.774. The molecule has 1 aromatic heterocycles. The van der Waals surface area contributed by atoms with Gasteiger partial charge in [0.2, 0.25) is 22.7 Å². The number of carbonyl (C=O) groups is 1. The van der Waals surface area contributed by atoms with Gasteiger partial charge in [-0.05, 0) is 62.6 Å². The number of nitrogens with zero attached hydrogens (tertiary/aromatic N) is 4. The number of ether oxygens (including phenoxy) is 2. The maximum absolute atomic E-state index is 13.3. The molecule has 3 aromatic rings. The normalized spacial score (nSPS) is 18.5. The van der Waals surface area contributed by atoms with Gasteiger partial charge in [0, 0.05) is 25.7 Å². The fourth-order valence-corrected chi connectivity index (χ4v) is 5.92. The lowest BCUT2D eigenvalue weighted by Crippen LogP contribution is -2.45. The predicted molar refractivity (Wildman–Crippen MR) is 124 cm³/mol. The van der Waals surface area contributed by atoms with Crippen molar-refractivity contribution in [2.75, 3.05) is 19.9 Å². The maximum atomic E-state index is 13.3. The number of rotatable bonds is 6. The lowest BCUT2D eigenvalue weighted by molar-refractivity contribution is -0.126. The Kier molecular flexibility index (Phi) is 5.90. The van der Waals surface area contributed by atoms with Crippen molar-refractivity contribution < 1.29 is 22.7 Å². The minimum absolute atomic E-state index is 0.117. The van der Waals surface area contributed by atoms with Crippen molar-refractivity contribution in [1.29, 1.82) is 0 Å². The Hall–Kier alpha value is -3.18. The number of piperidine rings is 1. The Morgan fingerprint density at radius 3 is 2.82 bits per heavy atom. The number of fused-ring (bicyclic) bond motifs is 2. The third kappa shape index (κ3) is 4.21. The highest BCUT2D eigenvalue weighted by Gasteiger charge is 2.33. The molecule has 1 N–H and O–H groups in total. The van der Waals surface area contributed by atoms with E-state index in [2.05, 4.69) is 15.6 Å². The highest BCUT2D eigenvalue weighted by Crippen LogP contribution is 2.32. The van der Waals surface area contributed by atoms with E-state index in [-0.39, 0.29) is 30.2 Å². The predicted octanol–water partition coefficient (Wildman–Crippen LogP) is 2.46. The van der Waals surface area contributed by atoms with Crippen molar-refractivity contribution in [1.82, 2.24) is 24.6 Å². The van der Waals surface area contributed by atoms with E-state index in [9.17, 15) is 13.2 Å². The summed E-state index contributed by atoms with van der Waals surface area (Å²) in [6, 6.07) is 10.5. The van der Waals surface area contributed by atoms with Gasteiger partial charge in [-0.3, -0.25) is 4.79 Å². The van der Waals surface area contributed by atoms with Gasteiger partial charge in [0.1, 0.15) is 5.52 Å². The molecule has 1 atom stereocenters. The van der Waals surface area contributed by atoms with Crippen LogP contribution in [0.1, 0.15) is 38.3 Å². The third-order valence-corrected chi connectivity index (χ3v) is 8.09. The van der Waals surface area contributed by atoms with Crippen LogP contribution in [0.2, 0.25) is 0 Å². The average Bonchev–Trinajstić information content (AvgIpc) is 3.48. The summed E-state index contributed by atoms with van der Waals surface area (Å²) < 4.78 is 40.5. The molecule has 180 valence electrons. The summed E-state index contributed by atoms with van der Waals surface area (Å²) in [7, 11) is -3.76. The van der Waals surface area contributed by atoms with Crippen molar-refractivity contribution in [2.24, 2.45) is 5.92 Å². The third-order valence-electron chi connectivity index (χ3n) is 6.23. The summed E-state index contributed by atoms with van der Waals surface area (Å²) in [4.78, 5) is 13.0. The topological polar surface area (TPSA) is 116 Å². The fourth-order valence-electron chi connectivity index (χ4n) is 4.37. The van der Waals surface area contributed by atoms with Gasteiger partial charge in [-0.1, -0.05) is 11.3 Å².